The Balaban J connectivity index is 2.68. The summed E-state index contributed by atoms with van der Waals surface area (Å²) >= 11 is 1.86. The van der Waals surface area contributed by atoms with Crippen molar-refractivity contribution in [2.45, 2.75) is 26.3 Å². The fourth-order valence-electron chi connectivity index (χ4n) is 1.54. The number of thioether (sulfide) groups is 1. The highest BCUT2D eigenvalue weighted by Crippen LogP contribution is 2.16. The van der Waals surface area contributed by atoms with Crippen molar-refractivity contribution >= 4 is 23.2 Å². The summed E-state index contributed by atoms with van der Waals surface area (Å²) in [6.07, 6.45) is 5.04. The van der Waals surface area contributed by atoms with Crippen LogP contribution in [-0.4, -0.2) is 35.9 Å². The van der Waals surface area contributed by atoms with E-state index in [9.17, 15) is 4.79 Å². The molecular formula is C13H20N2OS. The largest absolute Gasteiger partial charge is 0.371 e. The smallest absolute Gasteiger partial charge is 0.178 e. The predicted molar refractivity (Wildman–Crippen MR) is 75.1 cm³/mol. The molecule has 1 aromatic rings. The van der Waals surface area contributed by atoms with Crippen molar-refractivity contribution in [2.24, 2.45) is 0 Å². The van der Waals surface area contributed by atoms with Gasteiger partial charge in [0.2, 0.25) is 0 Å². The second-order valence-corrected chi connectivity index (χ2v) is 5.18. The second kappa shape index (κ2) is 6.64. The SMILES string of the molecule is CSCCC(C)N(C)c1ccc(C(C)=O)nc1. The van der Waals surface area contributed by atoms with E-state index in [0.717, 1.165) is 17.9 Å². The first-order valence-electron chi connectivity index (χ1n) is 5.75. The molecule has 1 atom stereocenters. The molecule has 17 heavy (non-hydrogen) atoms. The molecule has 0 N–H and O–H groups in total. The van der Waals surface area contributed by atoms with E-state index in [4.69, 9.17) is 0 Å². The van der Waals surface area contributed by atoms with Gasteiger partial charge in [-0.05, 0) is 37.5 Å². The van der Waals surface area contributed by atoms with Gasteiger partial charge in [-0.1, -0.05) is 0 Å². The van der Waals surface area contributed by atoms with Crippen molar-refractivity contribution < 1.29 is 4.79 Å². The monoisotopic (exact) mass is 252 g/mol. The summed E-state index contributed by atoms with van der Waals surface area (Å²) in [5, 5.41) is 0. The van der Waals surface area contributed by atoms with Gasteiger partial charge in [0.25, 0.3) is 0 Å². The third-order valence-corrected chi connectivity index (χ3v) is 3.56. The van der Waals surface area contributed by atoms with Gasteiger partial charge in [-0.2, -0.15) is 11.8 Å². The van der Waals surface area contributed by atoms with E-state index < -0.39 is 0 Å². The number of Topliss-reactive ketones (excluding diaryl/α,β-unsaturated/α-hetero) is 1. The molecule has 0 aliphatic carbocycles. The van der Waals surface area contributed by atoms with E-state index >= 15 is 0 Å². The average molecular weight is 252 g/mol. The maximum atomic E-state index is 11.1. The van der Waals surface area contributed by atoms with Crippen LogP contribution in [0.15, 0.2) is 18.3 Å². The molecule has 0 saturated carbocycles. The zero-order valence-corrected chi connectivity index (χ0v) is 11.8. The van der Waals surface area contributed by atoms with Gasteiger partial charge in [0.1, 0.15) is 5.69 Å². The maximum Gasteiger partial charge on any atom is 0.178 e. The summed E-state index contributed by atoms with van der Waals surface area (Å²) in [4.78, 5) is 17.5. The van der Waals surface area contributed by atoms with E-state index in [2.05, 4.69) is 30.1 Å². The van der Waals surface area contributed by atoms with Gasteiger partial charge in [0, 0.05) is 20.0 Å². The van der Waals surface area contributed by atoms with Crippen LogP contribution < -0.4 is 4.90 Å². The van der Waals surface area contributed by atoms with Crippen LogP contribution in [0.4, 0.5) is 5.69 Å². The van der Waals surface area contributed by atoms with Gasteiger partial charge in [0.05, 0.1) is 11.9 Å². The number of rotatable bonds is 6. The van der Waals surface area contributed by atoms with Crippen LogP contribution in [0.3, 0.4) is 0 Å². The normalized spacial score (nSPS) is 12.2. The second-order valence-electron chi connectivity index (χ2n) is 4.20. The maximum absolute atomic E-state index is 11.1. The molecular weight excluding hydrogens is 232 g/mol. The van der Waals surface area contributed by atoms with Crippen LogP contribution in [-0.2, 0) is 0 Å². The van der Waals surface area contributed by atoms with Gasteiger partial charge < -0.3 is 4.90 Å². The molecule has 1 heterocycles. The Morgan fingerprint density at radius 3 is 2.71 bits per heavy atom. The molecule has 0 bridgehead atoms. The van der Waals surface area contributed by atoms with Gasteiger partial charge in [-0.25, -0.2) is 0 Å². The van der Waals surface area contributed by atoms with Crippen molar-refractivity contribution in [3.63, 3.8) is 0 Å². The topological polar surface area (TPSA) is 33.2 Å². The van der Waals surface area contributed by atoms with Crippen molar-refractivity contribution in [3.05, 3.63) is 24.0 Å². The summed E-state index contributed by atoms with van der Waals surface area (Å²) in [6.45, 7) is 3.74. The van der Waals surface area contributed by atoms with Crippen LogP contribution in [0.5, 0.6) is 0 Å². The molecule has 0 aliphatic heterocycles. The Hall–Kier alpha value is -1.03. The number of hydrogen-bond donors (Lipinski definition) is 0. The van der Waals surface area contributed by atoms with E-state index in [-0.39, 0.29) is 5.78 Å². The number of carbonyl (C=O) groups excluding carboxylic acids is 1. The lowest BCUT2D eigenvalue weighted by Gasteiger charge is -2.26. The molecule has 1 unspecified atom stereocenters. The minimum absolute atomic E-state index is 0.00892. The lowest BCUT2D eigenvalue weighted by Crippen LogP contribution is -2.29. The number of pyridine rings is 1. The molecule has 1 aromatic heterocycles. The minimum atomic E-state index is 0.00892. The number of nitrogens with zero attached hydrogens (tertiary/aromatic N) is 2. The van der Waals surface area contributed by atoms with Crippen molar-refractivity contribution in [1.82, 2.24) is 4.98 Å². The lowest BCUT2D eigenvalue weighted by atomic mass is 10.2. The van der Waals surface area contributed by atoms with Crippen LogP contribution >= 0.6 is 11.8 Å². The van der Waals surface area contributed by atoms with E-state index in [0.29, 0.717) is 11.7 Å². The molecule has 94 valence electrons. The van der Waals surface area contributed by atoms with Gasteiger partial charge in [0.15, 0.2) is 5.78 Å². The van der Waals surface area contributed by atoms with Crippen molar-refractivity contribution in [1.29, 1.82) is 0 Å². The predicted octanol–water partition coefficient (Wildman–Crippen LogP) is 2.86. The molecule has 0 aromatic carbocycles. The van der Waals surface area contributed by atoms with Crippen molar-refractivity contribution in [3.8, 4) is 0 Å². The summed E-state index contributed by atoms with van der Waals surface area (Å²) in [5.41, 5.74) is 1.59. The number of carbonyl (C=O) groups is 1. The third-order valence-electron chi connectivity index (χ3n) is 2.92. The standard InChI is InChI=1S/C13H20N2OS/c1-10(7-8-17-4)15(3)12-5-6-13(11(2)16)14-9-12/h5-6,9-10H,7-8H2,1-4H3. The number of hydrogen-bond acceptors (Lipinski definition) is 4. The van der Waals surface area contributed by atoms with E-state index in [1.54, 1.807) is 12.3 Å². The molecule has 0 aliphatic rings. The van der Waals surface area contributed by atoms with Crippen LogP contribution in [0.2, 0.25) is 0 Å². The zero-order valence-electron chi connectivity index (χ0n) is 10.9. The first kappa shape index (κ1) is 14.0. The minimum Gasteiger partial charge on any atom is -0.371 e. The first-order valence-corrected chi connectivity index (χ1v) is 7.14. The van der Waals surface area contributed by atoms with E-state index in [1.165, 1.54) is 6.92 Å². The molecule has 0 fully saturated rings. The highest BCUT2D eigenvalue weighted by molar-refractivity contribution is 7.98. The Bertz CT molecular complexity index is 364. The number of ketones is 1. The molecule has 0 saturated heterocycles. The quantitative estimate of drug-likeness (QED) is 0.729. The molecule has 1 rings (SSSR count). The van der Waals surface area contributed by atoms with Crippen LogP contribution in [0.25, 0.3) is 0 Å². The summed E-state index contributed by atoms with van der Waals surface area (Å²) in [6, 6.07) is 4.22. The Labute approximate surface area is 108 Å². The van der Waals surface area contributed by atoms with Crippen LogP contribution in [0.1, 0.15) is 30.8 Å². The summed E-state index contributed by atoms with van der Waals surface area (Å²) < 4.78 is 0. The number of aromatic nitrogens is 1. The Kier molecular flexibility index (Phi) is 5.48. The van der Waals surface area contributed by atoms with Gasteiger partial charge in [-0.15, -0.1) is 0 Å². The Morgan fingerprint density at radius 1 is 1.53 bits per heavy atom. The number of anilines is 1. The van der Waals surface area contributed by atoms with Gasteiger partial charge in [-0.3, -0.25) is 9.78 Å². The molecule has 4 heteroatoms. The fraction of sp³-hybridized carbons (Fsp3) is 0.538. The Morgan fingerprint density at radius 2 is 2.24 bits per heavy atom. The lowest BCUT2D eigenvalue weighted by molar-refractivity contribution is 0.101. The third kappa shape index (κ3) is 4.04. The first-order chi connectivity index (χ1) is 8.06. The highest BCUT2D eigenvalue weighted by Gasteiger charge is 2.10. The fourth-order valence-corrected chi connectivity index (χ4v) is 2.12. The molecule has 0 spiro atoms. The zero-order chi connectivity index (χ0) is 12.8. The van der Waals surface area contributed by atoms with E-state index in [1.807, 2.05) is 17.8 Å². The average Bonchev–Trinajstić information content (AvgIpc) is 2.35. The molecule has 3 nitrogen and oxygen atoms in total. The summed E-state index contributed by atoms with van der Waals surface area (Å²) in [5.74, 6) is 1.17. The summed E-state index contributed by atoms with van der Waals surface area (Å²) in [7, 11) is 2.06. The highest BCUT2D eigenvalue weighted by atomic mass is 32.2. The molecule has 0 amide bonds. The molecule has 0 radical (unpaired) electrons. The van der Waals surface area contributed by atoms with Gasteiger partial charge >= 0.3 is 0 Å². The van der Waals surface area contributed by atoms with Crippen LogP contribution in [0, 0.1) is 0 Å². The van der Waals surface area contributed by atoms with Crippen molar-refractivity contribution in [2.75, 3.05) is 24.0 Å².